The van der Waals surface area contributed by atoms with Crippen molar-refractivity contribution in [2.24, 2.45) is 0 Å². The van der Waals surface area contributed by atoms with Crippen LogP contribution in [0.1, 0.15) is 17.7 Å². The summed E-state index contributed by atoms with van der Waals surface area (Å²) in [5.74, 6) is 1.38. The van der Waals surface area contributed by atoms with Crippen molar-refractivity contribution < 1.29 is 13.6 Å². The lowest BCUT2D eigenvalue weighted by atomic mass is 10.1. The van der Waals surface area contributed by atoms with Gasteiger partial charge in [0.1, 0.15) is 6.07 Å². The molecular weight excluding hydrogens is 364 g/mol. The normalized spacial score (nSPS) is 14.3. The smallest absolute Gasteiger partial charge is 0.266 e. The Morgan fingerprint density at radius 1 is 1.30 bits per heavy atom. The molecule has 0 aromatic carbocycles. The number of carbonyl (C=O) groups is 1. The van der Waals surface area contributed by atoms with Gasteiger partial charge < -0.3 is 18.6 Å². The summed E-state index contributed by atoms with van der Waals surface area (Å²) < 4.78 is 11.1. The Balaban J connectivity index is 1.38. The van der Waals surface area contributed by atoms with Crippen LogP contribution in [0.4, 0.5) is 5.88 Å². The topological polar surface area (TPSA) is 86.5 Å². The molecule has 0 aliphatic carbocycles. The van der Waals surface area contributed by atoms with Crippen LogP contribution >= 0.6 is 11.3 Å². The van der Waals surface area contributed by atoms with Crippen LogP contribution in [0, 0.1) is 11.3 Å². The largest absolute Gasteiger partial charge is 0.459 e. The minimum Gasteiger partial charge on any atom is -0.459 e. The number of hydrogen-bond acceptors (Lipinski definition) is 7. The molecule has 1 saturated heterocycles. The lowest BCUT2D eigenvalue weighted by molar-refractivity contribution is -0.131. The van der Waals surface area contributed by atoms with Crippen LogP contribution < -0.4 is 4.90 Å². The van der Waals surface area contributed by atoms with Gasteiger partial charge >= 0.3 is 0 Å². The number of nitrogens with zero attached hydrogens (tertiary/aromatic N) is 4. The van der Waals surface area contributed by atoms with E-state index in [2.05, 4.69) is 22.5 Å². The van der Waals surface area contributed by atoms with Gasteiger partial charge in [-0.05, 0) is 40.9 Å². The van der Waals surface area contributed by atoms with Gasteiger partial charge in [0.2, 0.25) is 17.5 Å². The number of piperazine rings is 1. The zero-order valence-corrected chi connectivity index (χ0v) is 15.4. The molecule has 0 atom stereocenters. The number of amides is 1. The number of carbonyl (C=O) groups excluding carboxylic acids is 1. The first-order valence-electron chi connectivity index (χ1n) is 8.73. The predicted octanol–water partition coefficient (Wildman–Crippen LogP) is 3.15. The number of oxazole rings is 1. The number of rotatable bonds is 5. The number of hydrogen-bond donors (Lipinski definition) is 0. The average Bonchev–Trinajstić information content (AvgIpc) is 3.47. The summed E-state index contributed by atoms with van der Waals surface area (Å²) in [5, 5.41) is 13.5. The number of anilines is 1. The zero-order valence-electron chi connectivity index (χ0n) is 14.6. The summed E-state index contributed by atoms with van der Waals surface area (Å²) in [6, 6.07) is 7.61. The van der Waals surface area contributed by atoms with Crippen molar-refractivity contribution >= 4 is 23.1 Å². The molecule has 0 saturated carbocycles. The van der Waals surface area contributed by atoms with Crippen LogP contribution in [0.15, 0.2) is 44.1 Å². The van der Waals surface area contributed by atoms with E-state index >= 15 is 0 Å². The molecule has 0 bridgehead atoms. The highest BCUT2D eigenvalue weighted by Gasteiger charge is 2.26. The highest BCUT2D eigenvalue weighted by molar-refractivity contribution is 7.07. The second kappa shape index (κ2) is 7.68. The minimum atomic E-state index is 0.162. The van der Waals surface area contributed by atoms with E-state index in [0.29, 0.717) is 50.1 Å². The first-order chi connectivity index (χ1) is 13.2. The van der Waals surface area contributed by atoms with Gasteiger partial charge in [-0.2, -0.15) is 21.6 Å². The van der Waals surface area contributed by atoms with E-state index in [-0.39, 0.29) is 11.6 Å². The van der Waals surface area contributed by atoms with Crippen molar-refractivity contribution in [2.45, 2.75) is 12.8 Å². The molecule has 8 heteroatoms. The zero-order chi connectivity index (χ0) is 18.6. The monoisotopic (exact) mass is 382 g/mol. The van der Waals surface area contributed by atoms with Crippen LogP contribution in [0.5, 0.6) is 0 Å². The SMILES string of the molecule is N#Cc1nc(-c2ccco2)oc1N1CCN(C(=O)CCc2ccsc2)CC1. The molecule has 138 valence electrons. The standard InChI is InChI=1S/C19H18N4O3S/c20-12-15-19(26-18(21-15)16-2-1-10-25-16)23-8-6-22(7-9-23)17(24)4-3-14-5-11-27-13-14/h1-2,5,10-11,13H,3-4,6-9H2. The lowest BCUT2D eigenvalue weighted by Gasteiger charge is -2.34. The quantitative estimate of drug-likeness (QED) is 0.674. The summed E-state index contributed by atoms with van der Waals surface area (Å²) in [6.07, 6.45) is 2.83. The molecule has 27 heavy (non-hydrogen) atoms. The Hall–Kier alpha value is -3.05. The van der Waals surface area contributed by atoms with Crippen molar-refractivity contribution in [1.29, 1.82) is 5.26 Å². The average molecular weight is 382 g/mol. The molecule has 4 rings (SSSR count). The third kappa shape index (κ3) is 3.73. The third-order valence-electron chi connectivity index (χ3n) is 4.57. The number of aromatic nitrogens is 1. The number of thiophene rings is 1. The number of furan rings is 1. The molecule has 1 aliphatic rings. The lowest BCUT2D eigenvalue weighted by Crippen LogP contribution is -2.49. The van der Waals surface area contributed by atoms with E-state index in [1.165, 1.54) is 11.8 Å². The maximum Gasteiger partial charge on any atom is 0.266 e. The summed E-state index contributed by atoms with van der Waals surface area (Å²) in [6.45, 7) is 2.41. The van der Waals surface area contributed by atoms with Crippen molar-refractivity contribution in [2.75, 3.05) is 31.1 Å². The molecule has 1 fully saturated rings. The maximum atomic E-state index is 12.4. The molecular formula is C19H18N4O3S. The molecule has 0 radical (unpaired) electrons. The van der Waals surface area contributed by atoms with Gasteiger partial charge in [0, 0.05) is 32.6 Å². The summed E-state index contributed by atoms with van der Waals surface area (Å²) in [5.41, 5.74) is 1.44. The summed E-state index contributed by atoms with van der Waals surface area (Å²) >= 11 is 1.65. The van der Waals surface area contributed by atoms with E-state index in [9.17, 15) is 10.1 Å². The van der Waals surface area contributed by atoms with Crippen molar-refractivity contribution in [3.05, 3.63) is 46.5 Å². The van der Waals surface area contributed by atoms with Crippen LogP contribution in [0.3, 0.4) is 0 Å². The Kier molecular flexibility index (Phi) is 4.94. The summed E-state index contributed by atoms with van der Waals surface area (Å²) in [7, 11) is 0. The van der Waals surface area contributed by atoms with Gasteiger partial charge in [-0.3, -0.25) is 4.79 Å². The van der Waals surface area contributed by atoms with Gasteiger partial charge in [0.15, 0.2) is 5.76 Å². The van der Waals surface area contributed by atoms with Crippen LogP contribution in [-0.4, -0.2) is 42.0 Å². The molecule has 0 unspecified atom stereocenters. The fraction of sp³-hybridized carbons (Fsp3) is 0.316. The maximum absolute atomic E-state index is 12.4. The number of aryl methyl sites for hydroxylation is 1. The van der Waals surface area contributed by atoms with Gasteiger partial charge in [-0.25, -0.2) is 0 Å². The Bertz CT molecular complexity index is 932. The molecule has 1 aliphatic heterocycles. The van der Waals surface area contributed by atoms with E-state index < -0.39 is 0 Å². The predicted molar refractivity (Wildman–Crippen MR) is 100 cm³/mol. The first-order valence-corrected chi connectivity index (χ1v) is 9.67. The van der Waals surface area contributed by atoms with E-state index in [1.807, 2.05) is 15.2 Å². The highest BCUT2D eigenvalue weighted by atomic mass is 32.1. The van der Waals surface area contributed by atoms with Crippen LogP contribution in [-0.2, 0) is 11.2 Å². The second-order valence-electron chi connectivity index (χ2n) is 6.26. The van der Waals surface area contributed by atoms with E-state index in [4.69, 9.17) is 8.83 Å². The van der Waals surface area contributed by atoms with E-state index in [1.54, 1.807) is 23.5 Å². The number of nitriles is 1. The highest BCUT2D eigenvalue weighted by Crippen LogP contribution is 2.29. The Morgan fingerprint density at radius 2 is 2.15 bits per heavy atom. The molecule has 3 aromatic rings. The molecule has 4 heterocycles. The molecule has 0 N–H and O–H groups in total. The van der Waals surface area contributed by atoms with Gasteiger partial charge in [-0.15, -0.1) is 0 Å². The van der Waals surface area contributed by atoms with Crippen LogP contribution in [0.25, 0.3) is 11.7 Å². The van der Waals surface area contributed by atoms with Gasteiger partial charge in [0.25, 0.3) is 5.89 Å². The van der Waals surface area contributed by atoms with Crippen LogP contribution in [0.2, 0.25) is 0 Å². The molecule has 7 nitrogen and oxygen atoms in total. The first kappa shape index (κ1) is 17.4. The molecule has 1 amide bonds. The molecule has 3 aromatic heterocycles. The van der Waals surface area contributed by atoms with Gasteiger partial charge in [-0.1, -0.05) is 0 Å². The van der Waals surface area contributed by atoms with E-state index in [0.717, 1.165) is 6.42 Å². The van der Waals surface area contributed by atoms with Gasteiger partial charge in [0.05, 0.1) is 6.26 Å². The fourth-order valence-electron chi connectivity index (χ4n) is 3.11. The fourth-order valence-corrected chi connectivity index (χ4v) is 3.81. The van der Waals surface area contributed by atoms with Crippen molar-refractivity contribution in [3.63, 3.8) is 0 Å². The van der Waals surface area contributed by atoms with Crippen molar-refractivity contribution in [1.82, 2.24) is 9.88 Å². The Labute approximate surface area is 160 Å². The molecule has 0 spiro atoms. The summed E-state index contributed by atoms with van der Waals surface area (Å²) in [4.78, 5) is 20.5. The minimum absolute atomic E-state index is 0.162. The Morgan fingerprint density at radius 3 is 2.81 bits per heavy atom. The second-order valence-corrected chi connectivity index (χ2v) is 7.04. The van der Waals surface area contributed by atoms with Crippen molar-refractivity contribution in [3.8, 4) is 17.7 Å². The third-order valence-corrected chi connectivity index (χ3v) is 5.31.